The molecule has 0 spiro atoms. The van der Waals surface area contributed by atoms with Crippen molar-refractivity contribution < 1.29 is 4.74 Å². The number of rotatable bonds is 5. The number of ether oxygens (including phenoxy) is 1. The van der Waals surface area contributed by atoms with Crippen LogP contribution in [0.25, 0.3) is 0 Å². The zero-order valence-corrected chi connectivity index (χ0v) is 9.01. The predicted molar refractivity (Wildman–Crippen MR) is 55.9 cm³/mol. The van der Waals surface area contributed by atoms with Crippen LogP contribution < -0.4 is 5.32 Å². The summed E-state index contributed by atoms with van der Waals surface area (Å²) in [5.74, 6) is 0.966. The zero-order valence-electron chi connectivity index (χ0n) is 9.01. The molecule has 0 saturated carbocycles. The van der Waals surface area contributed by atoms with E-state index in [1.54, 1.807) is 7.11 Å². The van der Waals surface area contributed by atoms with E-state index < -0.39 is 0 Å². The van der Waals surface area contributed by atoms with Gasteiger partial charge < -0.3 is 10.1 Å². The summed E-state index contributed by atoms with van der Waals surface area (Å²) < 4.78 is 5.06. The van der Waals surface area contributed by atoms with Gasteiger partial charge in [0.05, 0.1) is 0 Å². The zero-order chi connectivity index (χ0) is 9.52. The smallest absolute Gasteiger partial charge is 0.0462 e. The van der Waals surface area contributed by atoms with E-state index in [9.17, 15) is 0 Å². The van der Waals surface area contributed by atoms with Crippen molar-refractivity contribution in [2.75, 3.05) is 20.3 Å². The van der Waals surface area contributed by atoms with Gasteiger partial charge in [-0.05, 0) is 38.1 Å². The number of hydrogen-bond acceptors (Lipinski definition) is 2. The number of hydrogen-bond donors (Lipinski definition) is 1. The first-order valence-corrected chi connectivity index (χ1v) is 5.59. The van der Waals surface area contributed by atoms with Gasteiger partial charge in [-0.25, -0.2) is 0 Å². The summed E-state index contributed by atoms with van der Waals surface area (Å²) in [5.41, 5.74) is 0. The molecule has 0 aromatic heterocycles. The fourth-order valence-corrected chi connectivity index (χ4v) is 2.16. The minimum atomic E-state index is 0.758. The van der Waals surface area contributed by atoms with E-state index in [-0.39, 0.29) is 0 Å². The lowest BCUT2D eigenvalue weighted by Gasteiger charge is -2.29. The van der Waals surface area contributed by atoms with Crippen molar-refractivity contribution in [1.82, 2.24) is 5.32 Å². The average molecular weight is 185 g/mol. The van der Waals surface area contributed by atoms with Gasteiger partial charge in [-0.1, -0.05) is 13.3 Å². The highest BCUT2D eigenvalue weighted by molar-refractivity contribution is 4.77. The molecule has 0 aromatic rings. The van der Waals surface area contributed by atoms with Crippen LogP contribution in [0.1, 0.15) is 39.0 Å². The maximum absolute atomic E-state index is 5.06. The largest absolute Gasteiger partial charge is 0.385 e. The topological polar surface area (TPSA) is 21.3 Å². The highest BCUT2D eigenvalue weighted by atomic mass is 16.5. The van der Waals surface area contributed by atoms with Gasteiger partial charge in [-0.2, -0.15) is 0 Å². The Morgan fingerprint density at radius 2 is 2.31 bits per heavy atom. The Labute approximate surface area is 82.0 Å². The summed E-state index contributed by atoms with van der Waals surface area (Å²) in [7, 11) is 1.78. The van der Waals surface area contributed by atoms with Crippen LogP contribution in [0.4, 0.5) is 0 Å². The van der Waals surface area contributed by atoms with Gasteiger partial charge in [-0.15, -0.1) is 0 Å². The van der Waals surface area contributed by atoms with Crippen molar-refractivity contribution >= 4 is 0 Å². The standard InChI is InChI=1S/C11H23NO/c1-3-10-6-7-12-11(9-10)5-4-8-13-2/h10-12H,3-9H2,1-2H3. The molecule has 2 atom stereocenters. The Kier molecular flexibility index (Phi) is 5.40. The normalized spacial score (nSPS) is 29.1. The Bertz CT molecular complexity index is 127. The summed E-state index contributed by atoms with van der Waals surface area (Å²) in [6.45, 7) is 4.44. The second-order valence-corrected chi connectivity index (χ2v) is 4.08. The minimum absolute atomic E-state index is 0.758. The molecule has 2 heteroatoms. The molecule has 1 saturated heterocycles. The SMILES string of the molecule is CCC1CCNC(CCCOC)C1. The van der Waals surface area contributed by atoms with Crippen molar-refractivity contribution in [2.24, 2.45) is 5.92 Å². The highest BCUT2D eigenvalue weighted by Crippen LogP contribution is 2.21. The van der Waals surface area contributed by atoms with Crippen LogP contribution in [0.3, 0.4) is 0 Å². The van der Waals surface area contributed by atoms with E-state index in [2.05, 4.69) is 12.2 Å². The lowest BCUT2D eigenvalue weighted by atomic mass is 9.88. The molecule has 1 rings (SSSR count). The maximum Gasteiger partial charge on any atom is 0.0462 e. The molecule has 0 aromatic carbocycles. The first-order valence-electron chi connectivity index (χ1n) is 5.59. The van der Waals surface area contributed by atoms with Crippen molar-refractivity contribution in [3.05, 3.63) is 0 Å². The predicted octanol–water partition coefficient (Wildman–Crippen LogP) is 2.19. The Morgan fingerprint density at radius 3 is 3.00 bits per heavy atom. The fourth-order valence-electron chi connectivity index (χ4n) is 2.16. The van der Waals surface area contributed by atoms with Gasteiger partial charge in [0, 0.05) is 19.8 Å². The summed E-state index contributed by atoms with van der Waals surface area (Å²) in [5, 5.41) is 3.59. The molecule has 0 aliphatic carbocycles. The molecule has 0 amide bonds. The molecule has 1 fully saturated rings. The van der Waals surface area contributed by atoms with E-state index in [4.69, 9.17) is 4.74 Å². The second-order valence-electron chi connectivity index (χ2n) is 4.08. The van der Waals surface area contributed by atoms with E-state index in [1.807, 2.05) is 0 Å². The van der Waals surface area contributed by atoms with Gasteiger partial charge in [-0.3, -0.25) is 0 Å². The fraction of sp³-hybridized carbons (Fsp3) is 1.00. The van der Waals surface area contributed by atoms with Crippen LogP contribution in [-0.2, 0) is 4.74 Å². The average Bonchev–Trinajstić information content (AvgIpc) is 2.19. The van der Waals surface area contributed by atoms with Crippen LogP contribution in [0, 0.1) is 5.92 Å². The van der Waals surface area contributed by atoms with E-state index in [0.717, 1.165) is 18.6 Å². The molecule has 0 bridgehead atoms. The summed E-state index contributed by atoms with van der Waals surface area (Å²) in [6.07, 6.45) is 6.58. The molecule has 1 aliphatic rings. The van der Waals surface area contributed by atoms with Gasteiger partial charge >= 0.3 is 0 Å². The maximum atomic E-state index is 5.06. The number of methoxy groups -OCH3 is 1. The van der Waals surface area contributed by atoms with E-state index in [1.165, 1.54) is 38.6 Å². The Balaban J connectivity index is 2.11. The third-order valence-electron chi connectivity index (χ3n) is 3.08. The number of nitrogens with one attached hydrogen (secondary N) is 1. The molecule has 1 N–H and O–H groups in total. The van der Waals surface area contributed by atoms with Crippen LogP contribution in [0.2, 0.25) is 0 Å². The molecule has 2 nitrogen and oxygen atoms in total. The van der Waals surface area contributed by atoms with Crippen molar-refractivity contribution in [2.45, 2.75) is 45.1 Å². The van der Waals surface area contributed by atoms with Crippen LogP contribution in [0.5, 0.6) is 0 Å². The highest BCUT2D eigenvalue weighted by Gasteiger charge is 2.19. The van der Waals surface area contributed by atoms with Crippen LogP contribution in [0.15, 0.2) is 0 Å². The number of piperidine rings is 1. The molecular formula is C11H23NO. The van der Waals surface area contributed by atoms with Gasteiger partial charge in [0.1, 0.15) is 0 Å². The van der Waals surface area contributed by atoms with Crippen molar-refractivity contribution in [1.29, 1.82) is 0 Å². The second kappa shape index (κ2) is 6.39. The lowest BCUT2D eigenvalue weighted by Crippen LogP contribution is -2.38. The third-order valence-corrected chi connectivity index (χ3v) is 3.08. The Hall–Kier alpha value is -0.0800. The van der Waals surface area contributed by atoms with Gasteiger partial charge in [0.15, 0.2) is 0 Å². The van der Waals surface area contributed by atoms with Gasteiger partial charge in [0.25, 0.3) is 0 Å². The molecule has 13 heavy (non-hydrogen) atoms. The molecule has 1 aliphatic heterocycles. The van der Waals surface area contributed by atoms with Crippen molar-refractivity contribution in [3.8, 4) is 0 Å². The molecular weight excluding hydrogens is 162 g/mol. The van der Waals surface area contributed by atoms with Crippen LogP contribution >= 0.6 is 0 Å². The Morgan fingerprint density at radius 1 is 1.46 bits per heavy atom. The molecule has 78 valence electrons. The quantitative estimate of drug-likeness (QED) is 0.663. The third kappa shape index (κ3) is 4.10. The summed E-state index contributed by atoms with van der Waals surface area (Å²) >= 11 is 0. The molecule has 1 heterocycles. The monoisotopic (exact) mass is 185 g/mol. The first-order chi connectivity index (χ1) is 6.36. The molecule has 2 unspecified atom stereocenters. The van der Waals surface area contributed by atoms with E-state index in [0.29, 0.717) is 0 Å². The van der Waals surface area contributed by atoms with Crippen molar-refractivity contribution in [3.63, 3.8) is 0 Å². The van der Waals surface area contributed by atoms with Gasteiger partial charge in [0.2, 0.25) is 0 Å². The lowest BCUT2D eigenvalue weighted by molar-refractivity contribution is 0.182. The summed E-state index contributed by atoms with van der Waals surface area (Å²) in [4.78, 5) is 0. The summed E-state index contributed by atoms with van der Waals surface area (Å²) in [6, 6.07) is 0.758. The molecule has 0 radical (unpaired) electrons. The first kappa shape index (κ1) is 11.0. The minimum Gasteiger partial charge on any atom is -0.385 e. The van der Waals surface area contributed by atoms with Crippen LogP contribution in [-0.4, -0.2) is 26.3 Å². The van der Waals surface area contributed by atoms with E-state index >= 15 is 0 Å².